The lowest BCUT2D eigenvalue weighted by atomic mass is 10.0. The highest BCUT2D eigenvalue weighted by Crippen LogP contribution is 2.31. The molecule has 1 N–H and O–H groups in total. The number of nitrogens with zero attached hydrogens (tertiary/aromatic N) is 1. The van der Waals surface area contributed by atoms with Gasteiger partial charge in [0.1, 0.15) is 0 Å². The number of alkyl halides is 3. The molecule has 0 fully saturated rings. The summed E-state index contributed by atoms with van der Waals surface area (Å²) in [4.78, 5) is 16.0. The minimum absolute atomic E-state index is 0.225. The minimum atomic E-state index is -4.29. The van der Waals surface area contributed by atoms with Gasteiger partial charge < -0.3 is 5.32 Å². The minimum Gasteiger partial charge on any atom is -0.302 e. The zero-order valence-corrected chi connectivity index (χ0v) is 9.63. The van der Waals surface area contributed by atoms with E-state index in [9.17, 15) is 18.0 Å². The number of hydrogen-bond donors (Lipinski definition) is 1. The Hall–Kier alpha value is -1.43. The van der Waals surface area contributed by atoms with Gasteiger partial charge >= 0.3 is 6.18 Å². The van der Waals surface area contributed by atoms with E-state index >= 15 is 0 Å². The third-order valence-corrected chi connectivity index (χ3v) is 2.97. The van der Waals surface area contributed by atoms with Crippen LogP contribution >= 0.6 is 0 Å². The highest BCUT2D eigenvalue weighted by atomic mass is 19.4. The Morgan fingerprint density at radius 2 is 2.28 bits per heavy atom. The van der Waals surface area contributed by atoms with Gasteiger partial charge in [-0.05, 0) is 24.5 Å². The molecule has 1 unspecified atom stereocenters. The molecule has 2 rings (SSSR count). The number of Topliss-reactive ketones (excluding diaryl/α,β-unsaturated/α-hetero) is 1. The molecule has 0 amide bonds. The zero-order valence-electron chi connectivity index (χ0n) is 9.63. The number of ketones is 1. The Morgan fingerprint density at radius 1 is 1.50 bits per heavy atom. The smallest absolute Gasteiger partial charge is 0.302 e. The first-order valence-electron chi connectivity index (χ1n) is 5.71. The SMILES string of the molecule is O=C(CNCC(F)(F)F)C1CCc2cccnc21. The second-order valence-electron chi connectivity index (χ2n) is 4.32. The second-order valence-corrected chi connectivity index (χ2v) is 4.32. The van der Waals surface area contributed by atoms with Crippen molar-refractivity contribution in [2.24, 2.45) is 0 Å². The lowest BCUT2D eigenvalue weighted by Gasteiger charge is -2.11. The molecule has 98 valence electrons. The molecule has 0 saturated carbocycles. The number of aromatic nitrogens is 1. The maximum absolute atomic E-state index is 11.9. The van der Waals surface area contributed by atoms with Crippen LogP contribution in [0.2, 0.25) is 0 Å². The number of nitrogens with one attached hydrogen (secondary N) is 1. The Labute approximate surface area is 102 Å². The number of halogens is 3. The predicted octanol–water partition coefficient (Wildman–Crippen LogP) is 1.83. The van der Waals surface area contributed by atoms with Crippen molar-refractivity contribution in [1.29, 1.82) is 0 Å². The summed E-state index contributed by atoms with van der Waals surface area (Å²) in [5.74, 6) is -0.585. The normalized spacial score (nSPS) is 18.7. The fourth-order valence-electron chi connectivity index (χ4n) is 2.18. The van der Waals surface area contributed by atoms with Crippen LogP contribution in [0.15, 0.2) is 18.3 Å². The number of fused-ring (bicyclic) bond motifs is 1. The van der Waals surface area contributed by atoms with Gasteiger partial charge in [0, 0.05) is 6.20 Å². The molecule has 3 nitrogen and oxygen atoms in total. The number of hydrogen-bond acceptors (Lipinski definition) is 3. The third kappa shape index (κ3) is 3.07. The average Bonchev–Trinajstić information content (AvgIpc) is 2.70. The average molecular weight is 258 g/mol. The molecule has 18 heavy (non-hydrogen) atoms. The lowest BCUT2D eigenvalue weighted by molar-refractivity contribution is -0.128. The lowest BCUT2D eigenvalue weighted by Crippen LogP contribution is -2.34. The number of aryl methyl sites for hydroxylation is 1. The highest BCUT2D eigenvalue weighted by Gasteiger charge is 2.31. The molecule has 0 aromatic carbocycles. The fraction of sp³-hybridized carbons (Fsp3) is 0.500. The van der Waals surface area contributed by atoms with Crippen molar-refractivity contribution in [2.45, 2.75) is 24.9 Å². The van der Waals surface area contributed by atoms with Gasteiger partial charge in [0.05, 0.1) is 24.7 Å². The summed E-state index contributed by atoms with van der Waals surface area (Å²) in [6.45, 7) is -1.40. The Bertz CT molecular complexity index is 445. The first kappa shape index (κ1) is 13.0. The van der Waals surface area contributed by atoms with Crippen LogP contribution in [0.5, 0.6) is 0 Å². The van der Waals surface area contributed by atoms with Gasteiger partial charge in [0.15, 0.2) is 5.78 Å². The molecule has 0 aliphatic heterocycles. The molecule has 1 aliphatic carbocycles. The van der Waals surface area contributed by atoms with E-state index in [1.807, 2.05) is 6.07 Å². The summed E-state index contributed by atoms with van der Waals surface area (Å²) >= 11 is 0. The molecular weight excluding hydrogens is 245 g/mol. The van der Waals surface area contributed by atoms with E-state index in [1.165, 1.54) is 0 Å². The second kappa shape index (κ2) is 5.06. The van der Waals surface area contributed by atoms with E-state index in [1.54, 1.807) is 12.3 Å². The van der Waals surface area contributed by atoms with Crippen LogP contribution in [-0.4, -0.2) is 30.0 Å². The number of carbonyl (C=O) groups excluding carboxylic acids is 1. The first-order valence-corrected chi connectivity index (χ1v) is 5.71. The summed E-state index contributed by atoms with van der Waals surface area (Å²) < 4.78 is 35.8. The number of pyridine rings is 1. The molecule has 1 atom stereocenters. The summed E-state index contributed by atoms with van der Waals surface area (Å²) in [6, 6.07) is 3.70. The third-order valence-electron chi connectivity index (χ3n) is 2.97. The Kier molecular flexibility index (Phi) is 3.65. The first-order chi connectivity index (χ1) is 8.47. The van der Waals surface area contributed by atoms with Gasteiger partial charge in [0.2, 0.25) is 0 Å². The van der Waals surface area contributed by atoms with Crippen molar-refractivity contribution in [2.75, 3.05) is 13.1 Å². The van der Waals surface area contributed by atoms with Crippen LogP contribution in [0.25, 0.3) is 0 Å². The largest absolute Gasteiger partial charge is 0.401 e. The van der Waals surface area contributed by atoms with Crippen LogP contribution in [0.1, 0.15) is 23.6 Å². The molecule has 1 aromatic heterocycles. The van der Waals surface area contributed by atoms with E-state index < -0.39 is 12.7 Å². The van der Waals surface area contributed by atoms with Crippen molar-refractivity contribution < 1.29 is 18.0 Å². The van der Waals surface area contributed by atoms with Crippen molar-refractivity contribution >= 4 is 5.78 Å². The summed E-state index contributed by atoms with van der Waals surface area (Å²) in [7, 11) is 0. The van der Waals surface area contributed by atoms with Crippen LogP contribution in [0.3, 0.4) is 0 Å². The van der Waals surface area contributed by atoms with E-state index in [0.29, 0.717) is 6.42 Å². The highest BCUT2D eigenvalue weighted by molar-refractivity contribution is 5.88. The van der Waals surface area contributed by atoms with Gasteiger partial charge in [-0.25, -0.2) is 0 Å². The molecule has 6 heteroatoms. The van der Waals surface area contributed by atoms with Gasteiger partial charge in [-0.1, -0.05) is 6.07 Å². The quantitative estimate of drug-likeness (QED) is 0.896. The maximum atomic E-state index is 11.9. The molecule has 0 saturated heterocycles. The Balaban J connectivity index is 1.92. The van der Waals surface area contributed by atoms with Gasteiger partial charge in [-0.3, -0.25) is 9.78 Å². The topological polar surface area (TPSA) is 42.0 Å². The maximum Gasteiger partial charge on any atom is 0.401 e. The standard InChI is InChI=1S/C12H13F3N2O/c13-12(14,15)7-16-6-10(18)9-4-3-8-2-1-5-17-11(8)9/h1-2,5,9,16H,3-4,6-7H2. The molecule has 0 radical (unpaired) electrons. The van der Waals surface area contributed by atoms with Crippen LogP contribution in [-0.2, 0) is 11.2 Å². The Morgan fingerprint density at radius 3 is 3.00 bits per heavy atom. The predicted molar refractivity (Wildman–Crippen MR) is 59.2 cm³/mol. The summed E-state index contributed by atoms with van der Waals surface area (Å²) in [6.07, 6.45) is -1.28. The van der Waals surface area contributed by atoms with Crippen LogP contribution < -0.4 is 5.32 Å². The molecule has 0 spiro atoms. The zero-order chi connectivity index (χ0) is 13.2. The molecule has 1 heterocycles. The molecular formula is C12H13F3N2O. The van der Waals surface area contributed by atoms with E-state index in [2.05, 4.69) is 10.3 Å². The van der Waals surface area contributed by atoms with Crippen molar-refractivity contribution in [1.82, 2.24) is 10.3 Å². The van der Waals surface area contributed by atoms with Crippen LogP contribution in [0.4, 0.5) is 13.2 Å². The molecule has 1 aliphatic rings. The van der Waals surface area contributed by atoms with Crippen molar-refractivity contribution in [3.8, 4) is 0 Å². The van der Waals surface area contributed by atoms with Gasteiger partial charge in [-0.2, -0.15) is 13.2 Å². The summed E-state index contributed by atoms with van der Waals surface area (Å²) in [5.41, 5.74) is 1.74. The van der Waals surface area contributed by atoms with Crippen molar-refractivity contribution in [3.63, 3.8) is 0 Å². The van der Waals surface area contributed by atoms with Gasteiger partial charge in [0.25, 0.3) is 0 Å². The van der Waals surface area contributed by atoms with E-state index in [-0.39, 0.29) is 18.2 Å². The summed E-state index contributed by atoms with van der Waals surface area (Å²) in [5, 5.41) is 2.13. The van der Waals surface area contributed by atoms with Crippen LogP contribution in [0, 0.1) is 0 Å². The molecule has 0 bridgehead atoms. The van der Waals surface area contributed by atoms with E-state index in [4.69, 9.17) is 0 Å². The number of carbonyl (C=O) groups is 1. The number of rotatable bonds is 4. The van der Waals surface area contributed by atoms with E-state index in [0.717, 1.165) is 17.7 Å². The monoisotopic (exact) mass is 258 g/mol. The fourth-order valence-corrected chi connectivity index (χ4v) is 2.18. The van der Waals surface area contributed by atoms with Crippen molar-refractivity contribution in [3.05, 3.63) is 29.6 Å². The van der Waals surface area contributed by atoms with Gasteiger partial charge in [-0.15, -0.1) is 0 Å². The molecule has 1 aromatic rings.